The van der Waals surface area contributed by atoms with Gasteiger partial charge in [0.1, 0.15) is 11.4 Å². The Morgan fingerprint density at radius 3 is 2.47 bits per heavy atom. The van der Waals surface area contributed by atoms with Gasteiger partial charge in [-0.25, -0.2) is 13.5 Å². The second-order valence-electron chi connectivity index (χ2n) is 3.75. The van der Waals surface area contributed by atoms with E-state index >= 15 is 0 Å². The van der Waals surface area contributed by atoms with Crippen molar-refractivity contribution in [2.24, 2.45) is 0 Å². The molecule has 0 N–H and O–H groups in total. The van der Waals surface area contributed by atoms with E-state index < -0.39 is 11.6 Å². The smallest absolute Gasteiger partial charge is 0.188 e. The van der Waals surface area contributed by atoms with Gasteiger partial charge in [0.25, 0.3) is 0 Å². The Bertz CT molecular complexity index is 564. The molecule has 90 valence electrons. The van der Waals surface area contributed by atoms with Crippen molar-refractivity contribution in [2.75, 3.05) is 7.11 Å². The van der Waals surface area contributed by atoms with Crippen LogP contribution in [-0.4, -0.2) is 16.9 Å². The third-order valence-electron chi connectivity index (χ3n) is 2.47. The molecule has 0 aliphatic rings. The van der Waals surface area contributed by atoms with Crippen LogP contribution in [0.25, 0.3) is 5.69 Å². The summed E-state index contributed by atoms with van der Waals surface area (Å²) in [6.07, 6.45) is 0. The molecule has 0 amide bonds. The van der Waals surface area contributed by atoms with Crippen molar-refractivity contribution in [2.45, 2.75) is 13.8 Å². The predicted octanol–water partition coefficient (Wildman–Crippen LogP) is 2.78. The van der Waals surface area contributed by atoms with Crippen molar-refractivity contribution < 1.29 is 13.5 Å². The first-order valence-electron chi connectivity index (χ1n) is 5.10. The predicted molar refractivity (Wildman–Crippen MR) is 59.5 cm³/mol. The van der Waals surface area contributed by atoms with Gasteiger partial charge >= 0.3 is 0 Å². The summed E-state index contributed by atoms with van der Waals surface area (Å²) in [5, 5.41) is 4.12. The van der Waals surface area contributed by atoms with Crippen LogP contribution in [0.2, 0.25) is 0 Å². The van der Waals surface area contributed by atoms with Crippen LogP contribution in [0.5, 0.6) is 5.75 Å². The largest absolute Gasteiger partial charge is 0.494 e. The molecule has 2 aromatic rings. The Balaban J connectivity index is 2.73. The molecule has 3 nitrogen and oxygen atoms in total. The summed E-state index contributed by atoms with van der Waals surface area (Å²) >= 11 is 0. The van der Waals surface area contributed by atoms with Crippen LogP contribution in [0.1, 0.15) is 11.4 Å². The van der Waals surface area contributed by atoms with Gasteiger partial charge in [-0.2, -0.15) is 5.10 Å². The monoisotopic (exact) mass is 238 g/mol. The minimum Gasteiger partial charge on any atom is -0.494 e. The molecule has 0 atom stereocenters. The lowest BCUT2D eigenvalue weighted by molar-refractivity contribution is 0.401. The molecule has 0 aliphatic heterocycles. The Labute approximate surface area is 97.6 Å². The zero-order valence-electron chi connectivity index (χ0n) is 9.79. The molecule has 0 saturated carbocycles. The fourth-order valence-electron chi connectivity index (χ4n) is 1.74. The van der Waals surface area contributed by atoms with Crippen LogP contribution >= 0.6 is 0 Å². The Kier molecular flexibility index (Phi) is 2.83. The summed E-state index contributed by atoms with van der Waals surface area (Å²) in [5.74, 6) is -1.64. The molecule has 0 spiro atoms. The molecule has 0 radical (unpaired) electrons. The highest BCUT2D eigenvalue weighted by molar-refractivity contribution is 5.48. The number of rotatable bonds is 2. The van der Waals surface area contributed by atoms with E-state index in [1.807, 2.05) is 0 Å². The number of nitrogens with zero attached hydrogens (tertiary/aromatic N) is 2. The van der Waals surface area contributed by atoms with E-state index in [1.165, 1.54) is 17.9 Å². The van der Waals surface area contributed by atoms with Crippen LogP contribution in [0.4, 0.5) is 8.78 Å². The second-order valence-corrected chi connectivity index (χ2v) is 3.75. The zero-order valence-corrected chi connectivity index (χ0v) is 9.79. The zero-order chi connectivity index (χ0) is 12.6. The lowest BCUT2D eigenvalue weighted by Gasteiger charge is -2.11. The van der Waals surface area contributed by atoms with Gasteiger partial charge in [0.2, 0.25) is 0 Å². The van der Waals surface area contributed by atoms with Crippen LogP contribution in [0, 0.1) is 25.5 Å². The van der Waals surface area contributed by atoms with E-state index in [0.717, 1.165) is 11.8 Å². The standard InChI is InChI=1S/C12H12F2N2O/c1-7-6-8(2)16(15-7)12-10(17-3)5-4-9(13)11(12)14/h4-6H,1-3H3. The third-order valence-corrected chi connectivity index (χ3v) is 2.47. The molecule has 1 heterocycles. The van der Waals surface area contributed by atoms with Crippen molar-refractivity contribution in [3.63, 3.8) is 0 Å². The van der Waals surface area contributed by atoms with Gasteiger partial charge in [-0.1, -0.05) is 0 Å². The van der Waals surface area contributed by atoms with Gasteiger partial charge in [0.15, 0.2) is 11.6 Å². The lowest BCUT2D eigenvalue weighted by Crippen LogP contribution is -2.06. The maximum Gasteiger partial charge on any atom is 0.188 e. The average molecular weight is 238 g/mol. The molecular weight excluding hydrogens is 226 g/mol. The van der Waals surface area contributed by atoms with Gasteiger partial charge in [0.05, 0.1) is 12.8 Å². The number of aryl methyl sites for hydroxylation is 2. The highest BCUT2D eigenvalue weighted by atomic mass is 19.2. The van der Waals surface area contributed by atoms with Gasteiger partial charge in [-0.15, -0.1) is 0 Å². The van der Waals surface area contributed by atoms with E-state index in [-0.39, 0.29) is 11.4 Å². The normalized spacial score (nSPS) is 10.6. The van der Waals surface area contributed by atoms with Gasteiger partial charge in [0, 0.05) is 5.69 Å². The number of aromatic nitrogens is 2. The number of hydrogen-bond donors (Lipinski definition) is 0. The number of ether oxygens (including phenoxy) is 1. The van der Waals surface area contributed by atoms with Gasteiger partial charge in [-0.3, -0.25) is 0 Å². The van der Waals surface area contributed by atoms with E-state index in [2.05, 4.69) is 5.10 Å². The second kappa shape index (κ2) is 4.16. The lowest BCUT2D eigenvalue weighted by atomic mass is 10.2. The van der Waals surface area contributed by atoms with Crippen molar-refractivity contribution in [3.8, 4) is 11.4 Å². The minimum atomic E-state index is -0.962. The van der Waals surface area contributed by atoms with E-state index in [4.69, 9.17) is 4.74 Å². The number of methoxy groups -OCH3 is 1. The molecule has 0 unspecified atom stereocenters. The topological polar surface area (TPSA) is 27.1 Å². The maximum absolute atomic E-state index is 13.8. The van der Waals surface area contributed by atoms with Crippen LogP contribution in [0.15, 0.2) is 18.2 Å². The molecule has 5 heteroatoms. The van der Waals surface area contributed by atoms with Crippen molar-refractivity contribution in [1.29, 1.82) is 0 Å². The molecule has 0 fully saturated rings. The molecule has 17 heavy (non-hydrogen) atoms. The molecule has 0 aliphatic carbocycles. The first-order chi connectivity index (χ1) is 8.04. The van der Waals surface area contributed by atoms with Gasteiger partial charge < -0.3 is 4.74 Å². The maximum atomic E-state index is 13.8. The quantitative estimate of drug-likeness (QED) is 0.804. The Morgan fingerprint density at radius 1 is 1.24 bits per heavy atom. The number of benzene rings is 1. The minimum absolute atomic E-state index is 0.00176. The summed E-state index contributed by atoms with van der Waals surface area (Å²) in [6.45, 7) is 3.55. The average Bonchev–Trinajstić information content (AvgIpc) is 2.61. The molecule has 2 rings (SSSR count). The van der Waals surface area contributed by atoms with E-state index in [9.17, 15) is 8.78 Å². The Morgan fingerprint density at radius 2 is 1.94 bits per heavy atom. The van der Waals surface area contributed by atoms with Crippen molar-refractivity contribution >= 4 is 0 Å². The summed E-state index contributed by atoms with van der Waals surface area (Å²) in [7, 11) is 1.40. The third kappa shape index (κ3) is 1.88. The van der Waals surface area contributed by atoms with Crippen LogP contribution < -0.4 is 4.74 Å². The van der Waals surface area contributed by atoms with Crippen LogP contribution in [0.3, 0.4) is 0 Å². The molecule has 0 saturated heterocycles. The number of hydrogen-bond acceptors (Lipinski definition) is 2. The highest BCUT2D eigenvalue weighted by Crippen LogP contribution is 2.28. The van der Waals surface area contributed by atoms with E-state index in [0.29, 0.717) is 5.69 Å². The highest BCUT2D eigenvalue weighted by Gasteiger charge is 2.18. The van der Waals surface area contributed by atoms with Crippen molar-refractivity contribution in [1.82, 2.24) is 9.78 Å². The summed E-state index contributed by atoms with van der Waals surface area (Å²) in [4.78, 5) is 0. The summed E-state index contributed by atoms with van der Waals surface area (Å²) in [5.41, 5.74) is 1.44. The van der Waals surface area contributed by atoms with Crippen molar-refractivity contribution in [3.05, 3.63) is 41.2 Å². The first-order valence-corrected chi connectivity index (χ1v) is 5.10. The Hall–Kier alpha value is -1.91. The first kappa shape index (κ1) is 11.6. The molecule has 0 bridgehead atoms. The van der Waals surface area contributed by atoms with Crippen LogP contribution in [-0.2, 0) is 0 Å². The fourth-order valence-corrected chi connectivity index (χ4v) is 1.74. The SMILES string of the molecule is COc1ccc(F)c(F)c1-n1nc(C)cc1C. The summed E-state index contributed by atoms with van der Waals surface area (Å²) < 4.78 is 33.4. The molecular formula is C12H12F2N2O. The molecule has 1 aromatic heterocycles. The number of halogens is 2. The van der Waals surface area contributed by atoms with E-state index in [1.54, 1.807) is 19.9 Å². The summed E-state index contributed by atoms with van der Waals surface area (Å²) in [6, 6.07) is 4.19. The van der Waals surface area contributed by atoms with Gasteiger partial charge in [-0.05, 0) is 32.0 Å². The molecule has 1 aromatic carbocycles. The fraction of sp³-hybridized carbons (Fsp3) is 0.250.